The number of nitrogens with one attached hydrogen (secondary N) is 1. The average Bonchev–Trinajstić information content (AvgIpc) is 2.27. The lowest BCUT2D eigenvalue weighted by Crippen LogP contribution is -2.14. The second-order valence-corrected chi connectivity index (χ2v) is 6.59. The molecule has 0 bridgehead atoms. The highest BCUT2D eigenvalue weighted by molar-refractivity contribution is 9.10. The zero-order valence-electron chi connectivity index (χ0n) is 9.76. The lowest BCUT2D eigenvalue weighted by atomic mass is 10.2. The normalized spacial score (nSPS) is 11.3. The van der Waals surface area contributed by atoms with Crippen LogP contribution in [-0.4, -0.2) is 18.4 Å². The first-order valence-corrected chi connectivity index (χ1v) is 7.81. The second kappa shape index (κ2) is 5.44. The van der Waals surface area contributed by atoms with Crippen molar-refractivity contribution < 1.29 is 8.42 Å². The Kier molecular flexibility index (Phi) is 4.07. The van der Waals surface area contributed by atoms with Crippen molar-refractivity contribution in [3.8, 4) is 0 Å². The molecule has 0 spiro atoms. The number of nitrogens with zero attached hydrogens (tertiary/aromatic N) is 2. The molecule has 0 radical (unpaired) electrons. The van der Waals surface area contributed by atoms with Gasteiger partial charge in [0.1, 0.15) is 10.7 Å². The van der Waals surface area contributed by atoms with Crippen molar-refractivity contribution in [2.45, 2.75) is 11.8 Å². The summed E-state index contributed by atoms with van der Waals surface area (Å²) in [6.07, 6.45) is 1.37. The molecule has 8 heteroatoms. The van der Waals surface area contributed by atoms with Crippen molar-refractivity contribution in [1.82, 2.24) is 9.97 Å². The van der Waals surface area contributed by atoms with Crippen LogP contribution in [0.5, 0.6) is 0 Å². The quantitative estimate of drug-likeness (QED) is 0.852. The molecule has 1 aromatic heterocycles. The van der Waals surface area contributed by atoms with Crippen molar-refractivity contribution in [2.75, 3.05) is 4.72 Å². The third-order valence-corrected chi connectivity index (χ3v) is 4.76. The van der Waals surface area contributed by atoms with Crippen molar-refractivity contribution >= 4 is 43.4 Å². The van der Waals surface area contributed by atoms with E-state index in [1.54, 1.807) is 12.1 Å². The van der Waals surface area contributed by atoms with Crippen LogP contribution in [0.25, 0.3) is 0 Å². The lowest BCUT2D eigenvalue weighted by Gasteiger charge is -2.09. The fourth-order valence-electron chi connectivity index (χ4n) is 1.41. The van der Waals surface area contributed by atoms with Gasteiger partial charge in [0, 0.05) is 10.7 Å². The number of aromatic nitrogens is 2. The molecule has 0 aliphatic rings. The molecule has 0 amide bonds. The summed E-state index contributed by atoms with van der Waals surface area (Å²) in [7, 11) is -3.72. The van der Waals surface area contributed by atoms with Gasteiger partial charge in [-0.1, -0.05) is 6.07 Å². The largest absolute Gasteiger partial charge is 0.264 e. The van der Waals surface area contributed by atoms with Gasteiger partial charge in [-0.3, -0.25) is 4.72 Å². The average molecular weight is 363 g/mol. The van der Waals surface area contributed by atoms with E-state index in [4.69, 9.17) is 11.6 Å². The van der Waals surface area contributed by atoms with Crippen LogP contribution in [0.15, 0.2) is 39.8 Å². The summed E-state index contributed by atoms with van der Waals surface area (Å²) in [4.78, 5) is 7.59. The number of anilines is 1. The number of halogens is 2. The smallest absolute Gasteiger partial charge is 0.263 e. The summed E-state index contributed by atoms with van der Waals surface area (Å²) in [5.74, 6) is 0.118. The zero-order chi connectivity index (χ0) is 14.0. The summed E-state index contributed by atoms with van der Waals surface area (Å²) < 4.78 is 27.2. The van der Waals surface area contributed by atoms with Gasteiger partial charge < -0.3 is 0 Å². The van der Waals surface area contributed by atoms with Crippen LogP contribution in [0, 0.1) is 6.92 Å². The van der Waals surface area contributed by atoms with Gasteiger partial charge in [0.15, 0.2) is 0 Å². The van der Waals surface area contributed by atoms with Crippen molar-refractivity contribution in [2.24, 2.45) is 0 Å². The first-order chi connectivity index (χ1) is 8.88. The minimum Gasteiger partial charge on any atom is -0.263 e. The summed E-state index contributed by atoms with van der Waals surface area (Å²) in [5, 5.41) is -0.0248. The predicted octanol–water partition coefficient (Wildman–Crippen LogP) is 3.00. The van der Waals surface area contributed by atoms with Crippen LogP contribution in [-0.2, 0) is 10.0 Å². The standard InChI is InChI=1S/C11H9BrClN3O2S/c1-7-2-3-9(8(12)6-7)19(17,18)16-10-4-5-14-11(13)15-10/h2-6H,1H3,(H,14,15,16). The van der Waals surface area contributed by atoms with Crippen LogP contribution < -0.4 is 4.72 Å². The molecule has 5 nitrogen and oxygen atoms in total. The van der Waals surface area contributed by atoms with E-state index < -0.39 is 10.0 Å². The highest BCUT2D eigenvalue weighted by atomic mass is 79.9. The van der Waals surface area contributed by atoms with Gasteiger partial charge in [0.2, 0.25) is 5.28 Å². The molecule has 0 saturated carbocycles. The topological polar surface area (TPSA) is 72.0 Å². The zero-order valence-corrected chi connectivity index (χ0v) is 12.9. The van der Waals surface area contributed by atoms with E-state index >= 15 is 0 Å². The van der Waals surface area contributed by atoms with E-state index in [0.717, 1.165) is 5.56 Å². The highest BCUT2D eigenvalue weighted by Gasteiger charge is 2.18. The number of aryl methyl sites for hydroxylation is 1. The molecule has 1 heterocycles. The summed E-state index contributed by atoms with van der Waals surface area (Å²) in [5.41, 5.74) is 0.955. The second-order valence-electron chi connectivity index (χ2n) is 3.75. The molecule has 1 N–H and O–H groups in total. The molecule has 2 rings (SSSR count). The summed E-state index contributed by atoms with van der Waals surface area (Å²) >= 11 is 8.84. The molecule has 0 atom stereocenters. The Labute approximate surface area is 124 Å². The maximum atomic E-state index is 12.2. The first kappa shape index (κ1) is 14.2. The molecule has 100 valence electrons. The minimum atomic E-state index is -3.72. The van der Waals surface area contributed by atoms with E-state index in [9.17, 15) is 8.42 Å². The molecular weight excluding hydrogens is 354 g/mol. The van der Waals surface area contributed by atoms with Crippen molar-refractivity contribution in [3.05, 3.63) is 45.8 Å². The number of benzene rings is 1. The van der Waals surface area contributed by atoms with E-state index in [2.05, 4.69) is 30.6 Å². The molecule has 19 heavy (non-hydrogen) atoms. The van der Waals surface area contributed by atoms with Gasteiger partial charge in [-0.05, 0) is 58.2 Å². The number of rotatable bonds is 3. The lowest BCUT2D eigenvalue weighted by molar-refractivity contribution is 0.600. The molecule has 0 unspecified atom stereocenters. The van der Waals surface area contributed by atoms with E-state index in [1.807, 2.05) is 6.92 Å². The van der Waals surface area contributed by atoms with Crippen LogP contribution in [0.2, 0.25) is 5.28 Å². The Morgan fingerprint density at radius 2 is 2.05 bits per heavy atom. The van der Waals surface area contributed by atoms with E-state index in [1.165, 1.54) is 18.3 Å². The molecule has 2 aromatic rings. The Bertz CT molecular complexity index is 722. The van der Waals surface area contributed by atoms with Crippen molar-refractivity contribution in [3.63, 3.8) is 0 Å². The summed E-state index contributed by atoms with van der Waals surface area (Å²) in [6, 6.07) is 6.38. The van der Waals surface area contributed by atoms with Gasteiger partial charge in [-0.2, -0.15) is 4.98 Å². The molecule has 1 aromatic carbocycles. The van der Waals surface area contributed by atoms with Crippen LogP contribution in [0.3, 0.4) is 0 Å². The molecule has 0 aliphatic heterocycles. The van der Waals surface area contributed by atoms with Gasteiger partial charge in [-0.15, -0.1) is 0 Å². The molecular formula is C11H9BrClN3O2S. The predicted molar refractivity (Wildman–Crippen MR) is 76.7 cm³/mol. The van der Waals surface area contributed by atoms with E-state index in [0.29, 0.717) is 4.47 Å². The van der Waals surface area contributed by atoms with Crippen molar-refractivity contribution in [1.29, 1.82) is 0 Å². The van der Waals surface area contributed by atoms with Crippen LogP contribution >= 0.6 is 27.5 Å². The fourth-order valence-corrected chi connectivity index (χ4v) is 3.75. The number of hydrogen-bond acceptors (Lipinski definition) is 4. The Balaban J connectivity index is 2.38. The van der Waals surface area contributed by atoms with Gasteiger partial charge in [0.05, 0.1) is 0 Å². The molecule has 0 aliphatic carbocycles. The minimum absolute atomic E-state index is 0.0248. The Morgan fingerprint density at radius 3 is 2.68 bits per heavy atom. The van der Waals surface area contributed by atoms with Gasteiger partial charge in [-0.25, -0.2) is 13.4 Å². The van der Waals surface area contributed by atoms with Crippen LogP contribution in [0.4, 0.5) is 5.82 Å². The van der Waals surface area contributed by atoms with Gasteiger partial charge >= 0.3 is 0 Å². The Morgan fingerprint density at radius 1 is 1.32 bits per heavy atom. The molecule has 0 fully saturated rings. The SMILES string of the molecule is Cc1ccc(S(=O)(=O)Nc2ccnc(Cl)n2)c(Br)c1. The van der Waals surface area contributed by atoms with E-state index in [-0.39, 0.29) is 16.0 Å². The Hall–Kier alpha value is -1.18. The molecule has 0 saturated heterocycles. The highest BCUT2D eigenvalue weighted by Crippen LogP contribution is 2.24. The third kappa shape index (κ3) is 3.43. The fraction of sp³-hybridized carbons (Fsp3) is 0.0909. The number of sulfonamides is 1. The maximum Gasteiger partial charge on any atom is 0.264 e. The van der Waals surface area contributed by atoms with Gasteiger partial charge in [0.25, 0.3) is 10.0 Å². The first-order valence-electron chi connectivity index (χ1n) is 5.16. The monoisotopic (exact) mass is 361 g/mol. The maximum absolute atomic E-state index is 12.2. The number of hydrogen-bond donors (Lipinski definition) is 1. The van der Waals surface area contributed by atoms with Crippen LogP contribution in [0.1, 0.15) is 5.56 Å². The third-order valence-electron chi connectivity index (χ3n) is 2.24. The summed E-state index contributed by atoms with van der Waals surface area (Å²) in [6.45, 7) is 1.87.